The molecule has 2 rings (SSSR count). The summed E-state index contributed by atoms with van der Waals surface area (Å²) in [5, 5.41) is 0. The predicted octanol–water partition coefficient (Wildman–Crippen LogP) is 5.86. The Morgan fingerprint density at radius 3 is 2.26 bits per heavy atom. The lowest BCUT2D eigenvalue weighted by Gasteiger charge is -2.22. The van der Waals surface area contributed by atoms with E-state index in [1.807, 2.05) is 6.92 Å². The van der Waals surface area contributed by atoms with Crippen molar-refractivity contribution in [3.05, 3.63) is 47.1 Å². The van der Waals surface area contributed by atoms with Crippen LogP contribution in [-0.2, 0) is 6.42 Å². The van der Waals surface area contributed by atoms with Gasteiger partial charge in [-0.1, -0.05) is 25.2 Å². The highest BCUT2D eigenvalue weighted by molar-refractivity contribution is 5.39. The fraction of sp³-hybridized carbons (Fsp3) is 0.474. The third-order valence-electron chi connectivity index (χ3n) is 4.18. The van der Waals surface area contributed by atoms with Crippen LogP contribution in [0.2, 0.25) is 0 Å². The fourth-order valence-electron chi connectivity index (χ4n) is 2.96. The van der Waals surface area contributed by atoms with Gasteiger partial charge < -0.3 is 0 Å². The van der Waals surface area contributed by atoms with Crippen molar-refractivity contribution in [2.24, 2.45) is 11.8 Å². The molecular weight excluding hydrogens is 304 g/mol. The predicted molar refractivity (Wildman–Crippen MR) is 83.0 cm³/mol. The van der Waals surface area contributed by atoms with Crippen LogP contribution in [0.4, 0.5) is 17.6 Å². The van der Waals surface area contributed by atoms with Crippen LogP contribution in [0.15, 0.2) is 24.3 Å². The number of aryl methyl sites for hydroxylation is 1. The molecule has 0 saturated heterocycles. The number of halogens is 4. The van der Waals surface area contributed by atoms with Gasteiger partial charge in [0.2, 0.25) is 0 Å². The standard InChI is InChI=1S/C19H20F4/c1-2-3-15-10-17(20)16(18(21)11-15)9-8-13-4-6-14(7-5-13)12-19(22)23/h10-14H,2-7H2,1H3/t13-,14-. The van der Waals surface area contributed by atoms with Crippen molar-refractivity contribution in [2.45, 2.75) is 45.4 Å². The Labute approximate surface area is 134 Å². The van der Waals surface area contributed by atoms with E-state index in [-0.39, 0.29) is 17.4 Å². The smallest absolute Gasteiger partial charge is 0.206 e. The van der Waals surface area contributed by atoms with Crippen molar-refractivity contribution in [3.8, 4) is 11.8 Å². The minimum atomic E-state index is -1.64. The van der Waals surface area contributed by atoms with E-state index < -0.39 is 17.7 Å². The normalized spacial score (nSPS) is 20.6. The SMILES string of the molecule is CCCc1cc(F)c(C#C[C@H]2CC[C@H](C=C(F)F)CC2)c(F)c1. The minimum Gasteiger partial charge on any atom is -0.206 e. The number of hydrogen-bond acceptors (Lipinski definition) is 0. The molecule has 0 amide bonds. The van der Waals surface area contributed by atoms with Crippen molar-refractivity contribution in [3.63, 3.8) is 0 Å². The Kier molecular flexibility index (Phi) is 6.27. The number of allylic oxidation sites excluding steroid dienone is 1. The molecule has 0 unspecified atom stereocenters. The Balaban J connectivity index is 2.04. The Morgan fingerprint density at radius 1 is 1.13 bits per heavy atom. The molecule has 0 nitrogen and oxygen atoms in total. The van der Waals surface area contributed by atoms with Crippen LogP contribution in [0, 0.1) is 35.3 Å². The molecule has 1 saturated carbocycles. The summed E-state index contributed by atoms with van der Waals surface area (Å²) >= 11 is 0. The molecule has 0 bridgehead atoms. The lowest BCUT2D eigenvalue weighted by Crippen LogP contribution is -2.11. The van der Waals surface area contributed by atoms with Crippen molar-refractivity contribution < 1.29 is 17.6 Å². The van der Waals surface area contributed by atoms with E-state index in [0.717, 1.165) is 12.5 Å². The third-order valence-corrected chi connectivity index (χ3v) is 4.18. The average molecular weight is 324 g/mol. The summed E-state index contributed by atoms with van der Waals surface area (Å²) in [7, 11) is 0. The van der Waals surface area contributed by atoms with Gasteiger partial charge in [-0.15, -0.1) is 0 Å². The van der Waals surface area contributed by atoms with Gasteiger partial charge in [0.05, 0.1) is 5.56 Å². The number of rotatable bonds is 3. The molecule has 0 aromatic heterocycles. The molecular formula is C19H20F4. The summed E-state index contributed by atoms with van der Waals surface area (Å²) in [6.07, 6.45) is 3.43. The van der Waals surface area contributed by atoms with Crippen LogP contribution in [0.1, 0.15) is 50.2 Å². The second-order valence-electron chi connectivity index (χ2n) is 6.02. The Hall–Kier alpha value is -1.76. The zero-order valence-corrected chi connectivity index (χ0v) is 13.1. The van der Waals surface area contributed by atoms with E-state index >= 15 is 0 Å². The lowest BCUT2D eigenvalue weighted by molar-refractivity contribution is 0.343. The molecule has 0 aliphatic heterocycles. The zero-order valence-electron chi connectivity index (χ0n) is 13.1. The molecule has 124 valence electrons. The molecule has 0 spiro atoms. The molecule has 0 N–H and O–H groups in total. The lowest BCUT2D eigenvalue weighted by atomic mass is 9.82. The quantitative estimate of drug-likeness (QED) is 0.483. The van der Waals surface area contributed by atoms with Crippen LogP contribution < -0.4 is 0 Å². The van der Waals surface area contributed by atoms with Crippen molar-refractivity contribution >= 4 is 0 Å². The van der Waals surface area contributed by atoms with Gasteiger partial charge in [-0.05, 0) is 61.8 Å². The Morgan fingerprint density at radius 2 is 1.74 bits per heavy atom. The van der Waals surface area contributed by atoms with Gasteiger partial charge in [-0.2, -0.15) is 8.78 Å². The molecule has 1 aromatic carbocycles. The van der Waals surface area contributed by atoms with Crippen LogP contribution in [-0.4, -0.2) is 0 Å². The van der Waals surface area contributed by atoms with Crippen LogP contribution in [0.25, 0.3) is 0 Å². The first kappa shape index (κ1) is 17.6. The summed E-state index contributed by atoms with van der Waals surface area (Å²) < 4.78 is 52.3. The highest BCUT2D eigenvalue weighted by atomic mass is 19.3. The topological polar surface area (TPSA) is 0 Å². The van der Waals surface area contributed by atoms with Gasteiger partial charge in [0.15, 0.2) is 0 Å². The van der Waals surface area contributed by atoms with Crippen molar-refractivity contribution in [2.75, 3.05) is 0 Å². The van der Waals surface area contributed by atoms with Crippen molar-refractivity contribution in [1.82, 2.24) is 0 Å². The van der Waals surface area contributed by atoms with Crippen LogP contribution in [0.3, 0.4) is 0 Å². The molecule has 1 aliphatic carbocycles. The second-order valence-corrected chi connectivity index (χ2v) is 6.02. The van der Waals surface area contributed by atoms with E-state index in [2.05, 4.69) is 11.8 Å². The van der Waals surface area contributed by atoms with Gasteiger partial charge in [0, 0.05) is 5.92 Å². The highest BCUT2D eigenvalue weighted by Gasteiger charge is 2.19. The van der Waals surface area contributed by atoms with E-state index in [1.54, 1.807) is 0 Å². The van der Waals surface area contributed by atoms with E-state index in [1.165, 1.54) is 12.1 Å². The van der Waals surface area contributed by atoms with Crippen LogP contribution >= 0.6 is 0 Å². The molecule has 1 aromatic rings. The summed E-state index contributed by atoms with van der Waals surface area (Å²) in [5.74, 6) is 4.16. The maximum absolute atomic E-state index is 14.0. The molecule has 1 fully saturated rings. The molecule has 0 atom stereocenters. The van der Waals surface area contributed by atoms with Gasteiger partial charge in [-0.3, -0.25) is 0 Å². The molecule has 4 heteroatoms. The molecule has 1 aliphatic rings. The summed E-state index contributed by atoms with van der Waals surface area (Å²) in [6.45, 7) is 1.95. The molecule has 0 heterocycles. The van der Waals surface area contributed by atoms with Gasteiger partial charge in [0.25, 0.3) is 6.08 Å². The number of benzene rings is 1. The van der Waals surface area contributed by atoms with E-state index in [9.17, 15) is 17.6 Å². The first-order valence-electron chi connectivity index (χ1n) is 8.01. The minimum absolute atomic E-state index is 0.0106. The highest BCUT2D eigenvalue weighted by Crippen LogP contribution is 2.30. The average Bonchev–Trinajstić information content (AvgIpc) is 2.48. The molecule has 23 heavy (non-hydrogen) atoms. The number of hydrogen-bond donors (Lipinski definition) is 0. The van der Waals surface area contributed by atoms with Gasteiger partial charge in [-0.25, -0.2) is 8.78 Å². The summed E-state index contributed by atoms with van der Waals surface area (Å²) in [4.78, 5) is 0. The van der Waals surface area contributed by atoms with Crippen LogP contribution in [0.5, 0.6) is 0 Å². The third kappa shape index (κ3) is 5.13. The Bertz CT molecular complexity index is 602. The van der Waals surface area contributed by atoms with E-state index in [4.69, 9.17) is 0 Å². The first-order valence-corrected chi connectivity index (χ1v) is 8.01. The maximum atomic E-state index is 14.0. The van der Waals surface area contributed by atoms with Gasteiger partial charge in [0.1, 0.15) is 11.6 Å². The molecule has 0 radical (unpaired) electrons. The largest absolute Gasteiger partial charge is 0.266 e. The van der Waals surface area contributed by atoms with E-state index in [0.29, 0.717) is 37.7 Å². The monoisotopic (exact) mass is 324 g/mol. The first-order chi connectivity index (χ1) is 11.0. The maximum Gasteiger partial charge on any atom is 0.266 e. The summed E-state index contributed by atoms with van der Waals surface area (Å²) in [6, 6.07) is 2.67. The zero-order chi connectivity index (χ0) is 16.8. The second kappa shape index (κ2) is 8.19. The van der Waals surface area contributed by atoms with Crippen molar-refractivity contribution in [1.29, 1.82) is 0 Å². The summed E-state index contributed by atoms with van der Waals surface area (Å²) in [5.41, 5.74) is 0.440. The van der Waals surface area contributed by atoms with Gasteiger partial charge >= 0.3 is 0 Å². The fourth-order valence-corrected chi connectivity index (χ4v) is 2.96.